The van der Waals surface area contributed by atoms with E-state index in [1.54, 1.807) is 6.07 Å². The molecule has 1 aliphatic carbocycles. The van der Waals surface area contributed by atoms with Gasteiger partial charge in [0.25, 0.3) is 0 Å². The van der Waals surface area contributed by atoms with Gasteiger partial charge < -0.3 is 10.1 Å². The first-order chi connectivity index (χ1) is 10.1. The molecule has 0 spiro atoms. The van der Waals surface area contributed by atoms with Gasteiger partial charge in [-0.3, -0.25) is 9.69 Å². The Morgan fingerprint density at radius 3 is 2.90 bits per heavy atom. The van der Waals surface area contributed by atoms with Crippen LogP contribution in [0.3, 0.4) is 0 Å². The predicted octanol–water partition coefficient (Wildman–Crippen LogP) is 1.77. The number of nitrogens with one attached hydrogen (secondary N) is 1. The van der Waals surface area contributed by atoms with Crippen LogP contribution in [0.4, 0.5) is 10.1 Å². The molecule has 4 nitrogen and oxygen atoms in total. The maximum absolute atomic E-state index is 14.1. The lowest BCUT2D eigenvalue weighted by Crippen LogP contribution is -2.37. The van der Waals surface area contributed by atoms with Gasteiger partial charge in [-0.2, -0.15) is 0 Å². The van der Waals surface area contributed by atoms with Crippen LogP contribution >= 0.6 is 0 Å². The van der Waals surface area contributed by atoms with Gasteiger partial charge in [0.2, 0.25) is 5.91 Å². The highest BCUT2D eigenvalue weighted by Crippen LogP contribution is 2.31. The summed E-state index contributed by atoms with van der Waals surface area (Å²) in [5.74, 6) is -0.548. The number of likely N-dealkylation sites (N-methyl/N-ethyl adjacent to an activating group) is 1. The molecule has 1 aromatic carbocycles. The number of anilines is 1. The molecule has 1 aliphatic heterocycles. The summed E-state index contributed by atoms with van der Waals surface area (Å²) in [4.78, 5) is 25.1. The minimum absolute atomic E-state index is 0.0840. The van der Waals surface area contributed by atoms with Crippen molar-refractivity contribution in [3.63, 3.8) is 0 Å². The molecule has 0 radical (unpaired) electrons. The van der Waals surface area contributed by atoms with E-state index in [1.807, 2.05) is 11.9 Å². The number of carbonyl (C=O) groups is 2. The van der Waals surface area contributed by atoms with Crippen LogP contribution in [0.15, 0.2) is 12.1 Å². The number of hydrogen-bond acceptors (Lipinski definition) is 3. The lowest BCUT2D eigenvalue weighted by Gasteiger charge is -2.19. The Labute approximate surface area is 123 Å². The Morgan fingerprint density at radius 1 is 1.43 bits per heavy atom. The van der Waals surface area contributed by atoms with Gasteiger partial charge in [0, 0.05) is 11.6 Å². The third-order valence-corrected chi connectivity index (χ3v) is 4.52. The van der Waals surface area contributed by atoms with Crippen LogP contribution in [-0.4, -0.2) is 36.7 Å². The monoisotopic (exact) mass is 290 g/mol. The zero-order valence-electron chi connectivity index (χ0n) is 12.1. The Balaban J connectivity index is 1.77. The topological polar surface area (TPSA) is 49.4 Å². The number of amides is 1. The fourth-order valence-corrected chi connectivity index (χ4v) is 3.36. The summed E-state index contributed by atoms with van der Waals surface area (Å²) in [5, 5.41) is 2.81. The second kappa shape index (κ2) is 5.56. The van der Waals surface area contributed by atoms with Gasteiger partial charge in [-0.05, 0) is 62.5 Å². The minimum atomic E-state index is -0.327. The maximum Gasteiger partial charge on any atom is 0.241 e. The molecule has 1 amide bonds. The summed E-state index contributed by atoms with van der Waals surface area (Å²) in [6.07, 6.45) is 3.75. The highest BCUT2D eigenvalue weighted by Gasteiger charge is 2.29. The standard InChI is InChI=1S/C16H19FN2O2/c1-19-4-2-3-15(19)16(21)18-12-7-11-5-10(9-20)6-13(11)14(17)8-12/h7-10,15H,2-6H2,1H3,(H,18,21). The second-order valence-electron chi connectivity index (χ2n) is 6.03. The number of rotatable bonds is 3. The molecule has 3 rings (SSSR count). The molecule has 5 heteroatoms. The van der Waals surface area contributed by atoms with Crippen molar-refractivity contribution in [1.82, 2.24) is 4.90 Å². The molecule has 0 aromatic heterocycles. The molecule has 112 valence electrons. The summed E-state index contributed by atoms with van der Waals surface area (Å²) in [5.41, 5.74) is 1.94. The fraction of sp³-hybridized carbons (Fsp3) is 0.500. The smallest absolute Gasteiger partial charge is 0.241 e. The average molecular weight is 290 g/mol. The number of carbonyl (C=O) groups excluding carboxylic acids is 2. The van der Waals surface area contributed by atoms with Crippen molar-refractivity contribution in [3.8, 4) is 0 Å². The van der Waals surface area contributed by atoms with Gasteiger partial charge in [0.15, 0.2) is 0 Å². The van der Waals surface area contributed by atoms with Gasteiger partial charge in [-0.15, -0.1) is 0 Å². The van der Waals surface area contributed by atoms with Gasteiger partial charge >= 0.3 is 0 Å². The highest BCUT2D eigenvalue weighted by atomic mass is 19.1. The van der Waals surface area contributed by atoms with Crippen LogP contribution in [0.1, 0.15) is 24.0 Å². The van der Waals surface area contributed by atoms with Crippen molar-refractivity contribution in [2.24, 2.45) is 5.92 Å². The van der Waals surface area contributed by atoms with Crippen LogP contribution in [0.2, 0.25) is 0 Å². The molecular weight excluding hydrogens is 271 g/mol. The third-order valence-electron chi connectivity index (χ3n) is 4.52. The number of fused-ring (bicyclic) bond motifs is 1. The Bertz CT molecular complexity index is 588. The number of aldehydes is 1. The fourth-order valence-electron chi connectivity index (χ4n) is 3.36. The molecule has 2 atom stereocenters. The van der Waals surface area contributed by atoms with Crippen molar-refractivity contribution in [1.29, 1.82) is 0 Å². The first kappa shape index (κ1) is 14.2. The van der Waals surface area contributed by atoms with Crippen LogP contribution in [0.5, 0.6) is 0 Å². The lowest BCUT2D eigenvalue weighted by molar-refractivity contribution is -0.120. The Hall–Kier alpha value is -1.75. The second-order valence-corrected chi connectivity index (χ2v) is 6.03. The summed E-state index contributed by atoms with van der Waals surface area (Å²) in [7, 11) is 1.93. The third kappa shape index (κ3) is 2.70. The first-order valence-corrected chi connectivity index (χ1v) is 7.36. The van der Waals surface area contributed by atoms with E-state index >= 15 is 0 Å². The van der Waals surface area contributed by atoms with E-state index in [4.69, 9.17) is 0 Å². The zero-order valence-corrected chi connectivity index (χ0v) is 12.1. The molecule has 1 aromatic rings. The molecule has 2 aliphatic rings. The number of halogens is 1. The van der Waals surface area contributed by atoms with E-state index in [9.17, 15) is 14.0 Å². The molecule has 0 saturated carbocycles. The highest BCUT2D eigenvalue weighted by molar-refractivity contribution is 5.95. The van der Waals surface area contributed by atoms with Crippen LogP contribution < -0.4 is 5.32 Å². The van der Waals surface area contributed by atoms with E-state index < -0.39 is 0 Å². The Morgan fingerprint density at radius 2 is 2.24 bits per heavy atom. The summed E-state index contributed by atoms with van der Waals surface area (Å²) >= 11 is 0. The maximum atomic E-state index is 14.1. The average Bonchev–Trinajstić information content (AvgIpc) is 3.04. The van der Waals surface area contributed by atoms with Crippen molar-refractivity contribution in [2.75, 3.05) is 18.9 Å². The molecule has 0 bridgehead atoms. The van der Waals surface area contributed by atoms with Gasteiger partial charge in [0.1, 0.15) is 12.1 Å². The zero-order chi connectivity index (χ0) is 15.0. The molecule has 1 N–H and O–H groups in total. The van der Waals surface area contributed by atoms with Gasteiger partial charge in [-0.25, -0.2) is 4.39 Å². The largest absolute Gasteiger partial charge is 0.325 e. The quantitative estimate of drug-likeness (QED) is 0.863. The molecule has 2 unspecified atom stereocenters. The van der Waals surface area contributed by atoms with Crippen LogP contribution in [-0.2, 0) is 22.4 Å². The predicted molar refractivity (Wildman–Crippen MR) is 77.6 cm³/mol. The molecule has 1 heterocycles. The number of likely N-dealkylation sites (tertiary alicyclic amines) is 1. The minimum Gasteiger partial charge on any atom is -0.325 e. The van der Waals surface area contributed by atoms with Gasteiger partial charge in [0.05, 0.1) is 6.04 Å². The normalized spacial score (nSPS) is 24.9. The molecule has 1 saturated heterocycles. The number of nitrogens with zero attached hydrogens (tertiary/aromatic N) is 1. The first-order valence-electron chi connectivity index (χ1n) is 7.36. The lowest BCUT2D eigenvalue weighted by atomic mass is 10.1. The van der Waals surface area contributed by atoms with E-state index in [0.717, 1.165) is 31.2 Å². The van der Waals surface area contributed by atoms with E-state index in [0.29, 0.717) is 24.1 Å². The van der Waals surface area contributed by atoms with Crippen molar-refractivity contribution >= 4 is 17.9 Å². The van der Waals surface area contributed by atoms with Crippen molar-refractivity contribution < 1.29 is 14.0 Å². The van der Waals surface area contributed by atoms with Gasteiger partial charge in [-0.1, -0.05) is 0 Å². The SMILES string of the molecule is CN1CCCC1C(=O)Nc1cc(F)c2c(c1)CC(C=O)C2. The summed E-state index contributed by atoms with van der Waals surface area (Å²) in [6.45, 7) is 0.914. The molecular formula is C16H19FN2O2. The van der Waals surface area contributed by atoms with Crippen molar-refractivity contribution in [3.05, 3.63) is 29.1 Å². The van der Waals surface area contributed by atoms with Crippen LogP contribution in [0.25, 0.3) is 0 Å². The Kier molecular flexibility index (Phi) is 3.76. The van der Waals surface area contributed by atoms with Crippen LogP contribution in [0, 0.1) is 11.7 Å². The molecule has 1 fully saturated rings. The number of hydrogen-bond donors (Lipinski definition) is 1. The summed E-state index contributed by atoms with van der Waals surface area (Å²) < 4.78 is 14.1. The van der Waals surface area contributed by atoms with E-state index in [-0.39, 0.29) is 23.7 Å². The van der Waals surface area contributed by atoms with E-state index in [2.05, 4.69) is 5.32 Å². The number of benzene rings is 1. The van der Waals surface area contributed by atoms with E-state index in [1.165, 1.54) is 6.07 Å². The molecule has 21 heavy (non-hydrogen) atoms. The summed E-state index contributed by atoms with van der Waals surface area (Å²) in [6, 6.07) is 3.03. The van der Waals surface area contributed by atoms with Crippen molar-refractivity contribution in [2.45, 2.75) is 31.7 Å².